The Labute approximate surface area is 128 Å². The van der Waals surface area contributed by atoms with E-state index in [1.165, 1.54) is 0 Å². The predicted molar refractivity (Wildman–Crippen MR) is 83.3 cm³/mol. The second-order valence-electron chi connectivity index (χ2n) is 5.14. The molecule has 6 heteroatoms. The number of nitrogens with one attached hydrogen (secondary N) is 1. The van der Waals surface area contributed by atoms with Gasteiger partial charge < -0.3 is 9.84 Å². The van der Waals surface area contributed by atoms with Crippen LogP contribution in [0.4, 0.5) is 5.82 Å². The number of anilines is 1. The molecule has 3 aromatic rings. The number of pyridine rings is 1. The van der Waals surface area contributed by atoms with Crippen molar-refractivity contribution in [1.29, 1.82) is 0 Å². The van der Waals surface area contributed by atoms with Gasteiger partial charge in [0.2, 0.25) is 0 Å². The first-order valence-corrected chi connectivity index (χ1v) is 7.05. The number of nitrogens with zero attached hydrogens (tertiary/aromatic N) is 4. The van der Waals surface area contributed by atoms with E-state index < -0.39 is 0 Å². The van der Waals surface area contributed by atoms with Gasteiger partial charge in [-0.05, 0) is 32.4 Å². The molecular weight excluding hydrogens is 278 g/mol. The lowest BCUT2D eigenvalue weighted by atomic mass is 10.2. The largest absolute Gasteiger partial charge is 0.366 e. The van der Waals surface area contributed by atoms with Gasteiger partial charge in [0.25, 0.3) is 0 Å². The first-order valence-electron chi connectivity index (χ1n) is 7.05. The van der Waals surface area contributed by atoms with Crippen molar-refractivity contribution in [3.8, 4) is 11.4 Å². The van der Waals surface area contributed by atoms with Crippen LogP contribution in [0.1, 0.15) is 22.6 Å². The summed E-state index contributed by atoms with van der Waals surface area (Å²) < 4.78 is 5.19. The summed E-state index contributed by atoms with van der Waals surface area (Å²) in [5, 5.41) is 7.28. The zero-order valence-electron chi connectivity index (χ0n) is 12.8. The van der Waals surface area contributed by atoms with Gasteiger partial charge in [0.05, 0.1) is 11.3 Å². The minimum absolute atomic E-state index is 0.621. The van der Waals surface area contributed by atoms with Gasteiger partial charge >= 0.3 is 0 Å². The third kappa shape index (κ3) is 2.81. The highest BCUT2D eigenvalue weighted by atomic mass is 16.5. The van der Waals surface area contributed by atoms with Crippen molar-refractivity contribution in [2.75, 3.05) is 5.32 Å². The van der Waals surface area contributed by atoms with Crippen molar-refractivity contribution in [1.82, 2.24) is 20.1 Å². The van der Waals surface area contributed by atoms with Crippen LogP contribution < -0.4 is 5.32 Å². The third-order valence-corrected chi connectivity index (χ3v) is 3.41. The van der Waals surface area contributed by atoms with E-state index in [1.54, 1.807) is 12.4 Å². The molecule has 0 aliphatic heterocycles. The van der Waals surface area contributed by atoms with Crippen molar-refractivity contribution >= 4 is 5.82 Å². The second-order valence-corrected chi connectivity index (χ2v) is 5.14. The molecule has 112 valence electrons. The minimum Gasteiger partial charge on any atom is -0.366 e. The fraction of sp³-hybridized carbons (Fsp3) is 0.250. The Morgan fingerprint density at radius 2 is 2.05 bits per heavy atom. The lowest BCUT2D eigenvalue weighted by molar-refractivity contribution is 0.393. The summed E-state index contributed by atoms with van der Waals surface area (Å²) in [6.45, 7) is 6.38. The molecule has 0 saturated carbocycles. The Morgan fingerprint density at radius 1 is 1.18 bits per heavy atom. The molecule has 3 rings (SSSR count). The molecule has 0 bridgehead atoms. The fourth-order valence-electron chi connectivity index (χ4n) is 2.23. The van der Waals surface area contributed by atoms with Gasteiger partial charge in [-0.25, -0.2) is 9.97 Å². The van der Waals surface area contributed by atoms with Crippen molar-refractivity contribution in [2.24, 2.45) is 0 Å². The summed E-state index contributed by atoms with van der Waals surface area (Å²) in [4.78, 5) is 13.1. The van der Waals surface area contributed by atoms with Gasteiger partial charge in [-0.1, -0.05) is 11.2 Å². The van der Waals surface area contributed by atoms with Crippen LogP contribution in [0.15, 0.2) is 35.2 Å². The van der Waals surface area contributed by atoms with E-state index >= 15 is 0 Å². The summed E-state index contributed by atoms with van der Waals surface area (Å²) in [6, 6.07) is 3.94. The standard InChI is InChI=1S/C16H17N5O/c1-10-7-18-16(14-11(2)21-22-12(14)3)20-15(10)19-9-13-5-4-6-17-8-13/h4-8H,9H2,1-3H3,(H,18,19,20). The van der Waals surface area contributed by atoms with E-state index in [4.69, 9.17) is 4.52 Å². The average Bonchev–Trinajstić information content (AvgIpc) is 2.87. The molecule has 0 unspecified atom stereocenters. The lowest BCUT2D eigenvalue weighted by Gasteiger charge is -2.09. The molecule has 0 aliphatic rings. The second kappa shape index (κ2) is 5.93. The highest BCUT2D eigenvalue weighted by Gasteiger charge is 2.15. The molecule has 22 heavy (non-hydrogen) atoms. The number of hydrogen-bond acceptors (Lipinski definition) is 6. The third-order valence-electron chi connectivity index (χ3n) is 3.41. The first-order chi connectivity index (χ1) is 10.6. The lowest BCUT2D eigenvalue weighted by Crippen LogP contribution is -2.05. The summed E-state index contributed by atoms with van der Waals surface area (Å²) in [5.41, 5.74) is 3.72. The molecule has 0 fully saturated rings. The van der Waals surface area contributed by atoms with Gasteiger partial charge in [0.1, 0.15) is 11.6 Å². The van der Waals surface area contributed by atoms with Gasteiger partial charge in [0, 0.05) is 30.7 Å². The van der Waals surface area contributed by atoms with Crippen LogP contribution in [0.3, 0.4) is 0 Å². The summed E-state index contributed by atoms with van der Waals surface area (Å²) in [7, 11) is 0. The quantitative estimate of drug-likeness (QED) is 0.797. The highest BCUT2D eigenvalue weighted by Crippen LogP contribution is 2.25. The van der Waals surface area contributed by atoms with Crippen molar-refractivity contribution in [3.63, 3.8) is 0 Å². The van der Waals surface area contributed by atoms with E-state index in [-0.39, 0.29) is 0 Å². The molecule has 0 amide bonds. The molecular formula is C16H17N5O. The van der Waals surface area contributed by atoms with Crippen LogP contribution >= 0.6 is 0 Å². The maximum Gasteiger partial charge on any atom is 0.167 e. The van der Waals surface area contributed by atoms with Crippen LogP contribution in [0.2, 0.25) is 0 Å². The Bertz CT molecular complexity index is 763. The number of aromatic nitrogens is 4. The Morgan fingerprint density at radius 3 is 2.73 bits per heavy atom. The van der Waals surface area contributed by atoms with Gasteiger partial charge in [-0.2, -0.15) is 0 Å². The zero-order valence-corrected chi connectivity index (χ0v) is 12.8. The topological polar surface area (TPSA) is 76.7 Å². The molecule has 0 radical (unpaired) electrons. The van der Waals surface area contributed by atoms with E-state index in [0.717, 1.165) is 34.0 Å². The van der Waals surface area contributed by atoms with E-state index in [0.29, 0.717) is 12.4 Å². The first kappa shape index (κ1) is 14.2. The van der Waals surface area contributed by atoms with E-state index in [1.807, 2.05) is 39.1 Å². The number of hydrogen-bond donors (Lipinski definition) is 1. The van der Waals surface area contributed by atoms with Crippen molar-refractivity contribution < 1.29 is 4.52 Å². The molecule has 0 aromatic carbocycles. The van der Waals surface area contributed by atoms with Crippen LogP contribution in [0, 0.1) is 20.8 Å². The average molecular weight is 295 g/mol. The summed E-state index contributed by atoms with van der Waals surface area (Å²) in [5.74, 6) is 2.14. The van der Waals surface area contributed by atoms with E-state index in [9.17, 15) is 0 Å². The Balaban J connectivity index is 1.87. The highest BCUT2D eigenvalue weighted by molar-refractivity contribution is 5.62. The molecule has 0 saturated heterocycles. The summed E-state index contributed by atoms with van der Waals surface area (Å²) >= 11 is 0. The van der Waals surface area contributed by atoms with Crippen LogP contribution in [-0.4, -0.2) is 20.1 Å². The smallest absolute Gasteiger partial charge is 0.167 e. The number of rotatable bonds is 4. The van der Waals surface area contributed by atoms with E-state index in [2.05, 4.69) is 25.4 Å². The van der Waals surface area contributed by atoms with Crippen LogP contribution in [0.5, 0.6) is 0 Å². The van der Waals surface area contributed by atoms with Crippen molar-refractivity contribution in [3.05, 3.63) is 53.3 Å². The van der Waals surface area contributed by atoms with Gasteiger partial charge in [-0.15, -0.1) is 0 Å². The van der Waals surface area contributed by atoms with Gasteiger partial charge in [-0.3, -0.25) is 4.98 Å². The molecule has 1 N–H and O–H groups in total. The fourth-order valence-corrected chi connectivity index (χ4v) is 2.23. The SMILES string of the molecule is Cc1cnc(-c2c(C)noc2C)nc1NCc1cccnc1. The molecule has 3 aromatic heterocycles. The molecule has 0 atom stereocenters. The minimum atomic E-state index is 0.621. The molecule has 6 nitrogen and oxygen atoms in total. The van der Waals surface area contributed by atoms with Crippen LogP contribution in [-0.2, 0) is 6.54 Å². The normalized spacial score (nSPS) is 10.7. The Kier molecular flexibility index (Phi) is 3.82. The maximum absolute atomic E-state index is 5.19. The van der Waals surface area contributed by atoms with Crippen molar-refractivity contribution in [2.45, 2.75) is 27.3 Å². The molecule has 0 spiro atoms. The zero-order chi connectivity index (χ0) is 15.5. The predicted octanol–water partition coefficient (Wildman–Crippen LogP) is 3.06. The maximum atomic E-state index is 5.19. The van der Waals surface area contributed by atoms with Gasteiger partial charge in [0.15, 0.2) is 5.82 Å². The summed E-state index contributed by atoms with van der Waals surface area (Å²) in [6.07, 6.45) is 5.40. The molecule has 3 heterocycles. The number of aryl methyl sites for hydroxylation is 3. The Hall–Kier alpha value is -2.76. The monoisotopic (exact) mass is 295 g/mol. The molecule has 0 aliphatic carbocycles. The van der Waals surface area contributed by atoms with Crippen LogP contribution in [0.25, 0.3) is 11.4 Å².